The van der Waals surface area contributed by atoms with Crippen molar-refractivity contribution in [2.24, 2.45) is 17.0 Å². The highest BCUT2D eigenvalue weighted by Crippen LogP contribution is 2.46. The fraction of sp³-hybridized carbons (Fsp3) is 0.538. The third-order valence-electron chi connectivity index (χ3n) is 8.23. The van der Waals surface area contributed by atoms with E-state index in [1.54, 1.807) is 7.11 Å². The van der Waals surface area contributed by atoms with Crippen molar-refractivity contribution in [2.75, 3.05) is 19.5 Å². The number of rotatable bonds is 9. The van der Waals surface area contributed by atoms with Crippen molar-refractivity contribution in [3.63, 3.8) is 0 Å². The van der Waals surface area contributed by atoms with Crippen molar-refractivity contribution >= 4 is 22.9 Å². The van der Waals surface area contributed by atoms with E-state index < -0.39 is 30.4 Å². The molecule has 3 aromatic rings. The van der Waals surface area contributed by atoms with Gasteiger partial charge in [0.1, 0.15) is 42.2 Å². The largest absolute Gasteiger partial charge is 0.497 e. The van der Waals surface area contributed by atoms with Crippen LogP contribution in [0.2, 0.25) is 0 Å². The number of nitrogens with zero attached hydrogens (tertiary/aromatic N) is 7. The summed E-state index contributed by atoms with van der Waals surface area (Å²) in [5.74, 6) is 2.89. The average molecular weight is 550 g/mol. The molecule has 2 bridgehead atoms. The maximum absolute atomic E-state index is 12.3. The van der Waals surface area contributed by atoms with E-state index in [4.69, 9.17) is 19.7 Å². The molecule has 2 aliphatic carbocycles. The third-order valence-corrected chi connectivity index (χ3v) is 8.23. The third kappa shape index (κ3) is 4.63. The van der Waals surface area contributed by atoms with E-state index in [1.807, 2.05) is 18.2 Å². The highest BCUT2D eigenvalue weighted by atomic mass is 16.5. The predicted molar refractivity (Wildman–Crippen MR) is 142 cm³/mol. The van der Waals surface area contributed by atoms with Gasteiger partial charge in [0.15, 0.2) is 23.2 Å². The maximum atomic E-state index is 12.3. The van der Waals surface area contributed by atoms with Gasteiger partial charge in [-0.05, 0) is 61.2 Å². The molecule has 3 N–H and O–H groups in total. The molecule has 3 heterocycles. The zero-order chi connectivity index (χ0) is 27.8. The lowest BCUT2D eigenvalue weighted by molar-refractivity contribution is -0.134. The first-order valence-corrected chi connectivity index (χ1v) is 13.3. The molecule has 14 nitrogen and oxygen atoms in total. The van der Waals surface area contributed by atoms with Crippen LogP contribution in [0.25, 0.3) is 21.6 Å². The number of ether oxygens (including phenoxy) is 3. The maximum Gasteiger partial charge on any atom is 0.249 e. The molecule has 0 radical (unpaired) electrons. The van der Waals surface area contributed by atoms with Gasteiger partial charge in [0, 0.05) is 24.1 Å². The van der Waals surface area contributed by atoms with Gasteiger partial charge in [-0.15, -0.1) is 0 Å². The molecule has 6 rings (SSSR count). The van der Waals surface area contributed by atoms with Crippen LogP contribution in [0.5, 0.6) is 11.5 Å². The SMILES string of the molecule is CNC(=O)C1OC(n2cnc3c(NCc4cc(OC)ccc4OC4CC5CCC4C5)ncnc32)C(O)C1N=[N+]=[N-]. The second-order valence-electron chi connectivity index (χ2n) is 10.5. The molecule has 1 aromatic carbocycles. The number of aromatic nitrogens is 4. The van der Waals surface area contributed by atoms with Crippen LogP contribution in [0.1, 0.15) is 37.5 Å². The van der Waals surface area contributed by atoms with Gasteiger partial charge in [-0.3, -0.25) is 9.36 Å². The number of carbonyl (C=O) groups is 1. The molecule has 210 valence electrons. The fourth-order valence-electron chi connectivity index (χ4n) is 6.21. The minimum absolute atomic E-state index is 0.234. The van der Waals surface area contributed by atoms with E-state index in [1.165, 1.54) is 43.5 Å². The van der Waals surface area contributed by atoms with Gasteiger partial charge < -0.3 is 30.0 Å². The molecule has 40 heavy (non-hydrogen) atoms. The van der Waals surface area contributed by atoms with Crippen molar-refractivity contribution in [2.45, 2.75) is 62.8 Å². The molecule has 1 saturated heterocycles. The quantitative estimate of drug-likeness (QED) is 0.205. The normalized spacial score (nSPS) is 28.8. The van der Waals surface area contributed by atoms with Gasteiger partial charge in [-0.25, -0.2) is 15.0 Å². The van der Waals surface area contributed by atoms with Crippen molar-refractivity contribution in [3.8, 4) is 11.5 Å². The first-order chi connectivity index (χ1) is 19.5. The Hall–Kier alpha value is -4.13. The van der Waals surface area contributed by atoms with Crippen LogP contribution in [-0.2, 0) is 16.1 Å². The molecule has 14 heteroatoms. The summed E-state index contributed by atoms with van der Waals surface area (Å²) in [6, 6.07) is 4.69. The van der Waals surface area contributed by atoms with E-state index in [2.05, 4.69) is 35.6 Å². The number of likely N-dealkylation sites (N-methyl/N-ethyl adjacent to an activating group) is 1. The number of benzene rings is 1. The van der Waals surface area contributed by atoms with Gasteiger partial charge in [0.2, 0.25) is 5.91 Å². The molecule has 7 unspecified atom stereocenters. The van der Waals surface area contributed by atoms with Crippen LogP contribution in [0.4, 0.5) is 5.82 Å². The summed E-state index contributed by atoms with van der Waals surface area (Å²) in [7, 11) is 3.07. The minimum Gasteiger partial charge on any atom is -0.497 e. The van der Waals surface area contributed by atoms with Crippen LogP contribution in [-0.4, -0.2) is 69.0 Å². The lowest BCUT2D eigenvalue weighted by atomic mass is 9.97. The molecular weight excluding hydrogens is 518 g/mol. The van der Waals surface area contributed by atoms with E-state index >= 15 is 0 Å². The summed E-state index contributed by atoms with van der Waals surface area (Å²) in [5.41, 5.74) is 10.7. The minimum atomic E-state index is -1.30. The number of hydrogen-bond acceptors (Lipinski definition) is 10. The van der Waals surface area contributed by atoms with Crippen molar-refractivity contribution in [3.05, 3.63) is 46.9 Å². The van der Waals surface area contributed by atoms with E-state index in [0.29, 0.717) is 29.4 Å². The Balaban J connectivity index is 1.24. The molecular formula is C26H31N9O5. The average Bonchev–Trinajstić information content (AvgIpc) is 3.77. The molecule has 3 fully saturated rings. The summed E-state index contributed by atoms with van der Waals surface area (Å²) in [5, 5.41) is 20.3. The number of methoxy groups -OCH3 is 1. The molecule has 3 aliphatic rings. The number of aliphatic hydroxyl groups excluding tert-OH is 1. The lowest BCUT2D eigenvalue weighted by Crippen LogP contribution is -2.40. The highest BCUT2D eigenvalue weighted by molar-refractivity contribution is 5.83. The number of amides is 1. The lowest BCUT2D eigenvalue weighted by Gasteiger charge is -2.25. The first-order valence-electron chi connectivity index (χ1n) is 13.3. The van der Waals surface area contributed by atoms with Crippen LogP contribution in [0.15, 0.2) is 36.0 Å². The van der Waals surface area contributed by atoms with Crippen LogP contribution in [0.3, 0.4) is 0 Å². The Labute approximate surface area is 229 Å². The summed E-state index contributed by atoms with van der Waals surface area (Å²) in [6.07, 6.45) is 4.43. The number of aliphatic hydroxyl groups is 1. The Morgan fingerprint density at radius 1 is 1.30 bits per heavy atom. The number of fused-ring (bicyclic) bond motifs is 3. The zero-order valence-corrected chi connectivity index (χ0v) is 22.2. The molecule has 1 amide bonds. The monoisotopic (exact) mass is 549 g/mol. The molecule has 2 aromatic heterocycles. The number of carbonyl (C=O) groups excluding carboxylic acids is 1. The van der Waals surface area contributed by atoms with Gasteiger partial charge in [-0.2, -0.15) is 0 Å². The number of imidazole rings is 1. The summed E-state index contributed by atoms with van der Waals surface area (Å²) in [4.78, 5) is 28.3. The second-order valence-corrected chi connectivity index (χ2v) is 10.5. The Bertz CT molecular complexity index is 1460. The Morgan fingerprint density at radius 3 is 2.90 bits per heavy atom. The Kier molecular flexibility index (Phi) is 7.05. The van der Waals surface area contributed by atoms with Gasteiger partial charge in [0.25, 0.3) is 0 Å². The predicted octanol–water partition coefficient (Wildman–Crippen LogP) is 2.70. The van der Waals surface area contributed by atoms with E-state index in [0.717, 1.165) is 29.4 Å². The van der Waals surface area contributed by atoms with Gasteiger partial charge in [0.05, 0.1) is 13.4 Å². The van der Waals surface area contributed by atoms with Crippen LogP contribution in [0, 0.1) is 11.8 Å². The molecule has 2 saturated carbocycles. The summed E-state index contributed by atoms with van der Waals surface area (Å²) < 4.78 is 19.3. The molecule has 0 spiro atoms. The molecule has 7 atom stereocenters. The summed E-state index contributed by atoms with van der Waals surface area (Å²) >= 11 is 0. The fourth-order valence-corrected chi connectivity index (χ4v) is 6.21. The topological polar surface area (TPSA) is 181 Å². The number of azide groups is 1. The van der Waals surface area contributed by atoms with E-state index in [-0.39, 0.29) is 6.10 Å². The zero-order valence-electron chi connectivity index (χ0n) is 22.2. The van der Waals surface area contributed by atoms with Gasteiger partial charge in [-0.1, -0.05) is 5.11 Å². The summed E-state index contributed by atoms with van der Waals surface area (Å²) in [6.45, 7) is 0.395. The smallest absolute Gasteiger partial charge is 0.249 e. The standard InChI is InChI=1S/C26H31N9O5/c1-28-25(37)22-19(33-34-27)21(36)26(40-22)35-12-32-20-23(30-11-31-24(20)35)29-10-15-9-16(38-2)5-6-17(15)39-18-8-13-3-4-14(18)7-13/h5-6,9,11-14,18-19,21-22,26,36H,3-4,7-8,10H2,1-2H3,(H,28,37)(H,29,30,31). The number of nitrogens with one attached hydrogen (secondary N) is 2. The van der Waals surface area contributed by atoms with Crippen molar-refractivity contribution < 1.29 is 24.1 Å². The second kappa shape index (κ2) is 10.8. The Morgan fingerprint density at radius 2 is 2.17 bits per heavy atom. The number of anilines is 1. The van der Waals surface area contributed by atoms with Gasteiger partial charge >= 0.3 is 0 Å². The van der Waals surface area contributed by atoms with Crippen LogP contribution < -0.4 is 20.1 Å². The highest BCUT2D eigenvalue weighted by Gasteiger charge is 2.48. The van der Waals surface area contributed by atoms with Crippen molar-refractivity contribution in [1.82, 2.24) is 24.8 Å². The van der Waals surface area contributed by atoms with Crippen molar-refractivity contribution in [1.29, 1.82) is 0 Å². The molecule has 1 aliphatic heterocycles. The first kappa shape index (κ1) is 26.1. The van der Waals surface area contributed by atoms with Crippen LogP contribution >= 0.6 is 0 Å². The van der Waals surface area contributed by atoms with E-state index in [9.17, 15) is 9.90 Å². The number of hydrogen-bond donors (Lipinski definition) is 3.